The third kappa shape index (κ3) is 2.48. The van der Waals surface area contributed by atoms with Gasteiger partial charge in [0, 0.05) is 0 Å². The molecule has 2 heteroatoms. The molecule has 0 saturated heterocycles. The van der Waals surface area contributed by atoms with Gasteiger partial charge in [0.2, 0.25) is 0 Å². The molecule has 0 fully saturated rings. The van der Waals surface area contributed by atoms with Crippen molar-refractivity contribution in [1.82, 2.24) is 0 Å². The minimum absolute atomic E-state index is 0.542. The summed E-state index contributed by atoms with van der Waals surface area (Å²) in [5.74, 6) is 5.95. The van der Waals surface area contributed by atoms with Gasteiger partial charge in [-0.2, -0.15) is 0 Å². The quantitative estimate of drug-likeness (QED) is 0.614. The van der Waals surface area contributed by atoms with Crippen LogP contribution in [0.25, 0.3) is 0 Å². The third-order valence-electron chi connectivity index (χ3n) is 1.27. The maximum absolute atomic E-state index is 9.04. The highest BCUT2D eigenvalue weighted by Gasteiger charge is 1.92. The van der Waals surface area contributed by atoms with Crippen molar-refractivity contribution in [1.29, 1.82) is 0 Å². The average Bonchev–Trinajstić information content (AvgIpc) is 2.52. The smallest absolute Gasteiger partial charge is 0.176 e. The van der Waals surface area contributed by atoms with Crippen LogP contribution in [-0.4, -0.2) is 11.2 Å². The maximum atomic E-state index is 9.04. The van der Waals surface area contributed by atoms with Crippen molar-refractivity contribution in [2.45, 2.75) is 19.4 Å². The Kier molecular flexibility index (Phi) is 2.76. The Balaban J connectivity index is 2.58. The summed E-state index contributed by atoms with van der Waals surface area (Å²) < 4.78 is 4.94. The van der Waals surface area contributed by atoms with Gasteiger partial charge in [-0.15, -0.1) is 0 Å². The van der Waals surface area contributed by atoms with Gasteiger partial charge in [0.15, 0.2) is 5.76 Å². The second-order valence-corrected chi connectivity index (χ2v) is 2.17. The number of hydrogen-bond donors (Lipinski definition) is 1. The molecular formula is C9H10O2. The molecule has 1 heterocycles. The number of rotatable bonds is 1. The standard InChI is InChI=1S/C9H10O2/c1-2-8(10)5-6-9-4-3-7-11-9/h3-4,7-8,10H,2H2,1H3. The fourth-order valence-electron chi connectivity index (χ4n) is 0.606. The molecule has 0 bridgehead atoms. The SMILES string of the molecule is CCC(O)C#Cc1ccco1. The van der Waals surface area contributed by atoms with Gasteiger partial charge >= 0.3 is 0 Å². The highest BCUT2D eigenvalue weighted by atomic mass is 16.3. The lowest BCUT2D eigenvalue weighted by molar-refractivity contribution is 0.228. The van der Waals surface area contributed by atoms with Crippen molar-refractivity contribution in [2.75, 3.05) is 0 Å². The monoisotopic (exact) mass is 150 g/mol. The van der Waals surface area contributed by atoms with Crippen molar-refractivity contribution in [3.63, 3.8) is 0 Å². The molecular weight excluding hydrogens is 140 g/mol. The molecule has 1 aromatic rings. The van der Waals surface area contributed by atoms with Crippen LogP contribution in [0.5, 0.6) is 0 Å². The molecule has 0 radical (unpaired) electrons. The Hall–Kier alpha value is -1.20. The first-order valence-corrected chi connectivity index (χ1v) is 3.56. The Morgan fingerprint density at radius 3 is 3.09 bits per heavy atom. The van der Waals surface area contributed by atoms with Crippen molar-refractivity contribution in [2.24, 2.45) is 0 Å². The molecule has 0 amide bonds. The van der Waals surface area contributed by atoms with Crippen LogP contribution < -0.4 is 0 Å². The van der Waals surface area contributed by atoms with E-state index in [1.54, 1.807) is 18.4 Å². The molecule has 1 atom stereocenters. The first kappa shape index (κ1) is 7.90. The number of hydrogen-bond acceptors (Lipinski definition) is 2. The summed E-state index contributed by atoms with van der Waals surface area (Å²) in [7, 11) is 0. The van der Waals surface area contributed by atoms with E-state index in [4.69, 9.17) is 9.52 Å². The number of furan rings is 1. The molecule has 0 spiro atoms. The van der Waals surface area contributed by atoms with Gasteiger partial charge in [0.25, 0.3) is 0 Å². The first-order valence-electron chi connectivity index (χ1n) is 3.56. The number of aliphatic hydroxyl groups is 1. The van der Waals surface area contributed by atoms with Gasteiger partial charge in [-0.25, -0.2) is 0 Å². The van der Waals surface area contributed by atoms with Crippen molar-refractivity contribution in [3.05, 3.63) is 24.2 Å². The van der Waals surface area contributed by atoms with Crippen molar-refractivity contribution < 1.29 is 9.52 Å². The molecule has 1 rings (SSSR count). The topological polar surface area (TPSA) is 33.4 Å². The molecule has 11 heavy (non-hydrogen) atoms. The first-order chi connectivity index (χ1) is 5.33. The number of aliphatic hydroxyl groups excluding tert-OH is 1. The maximum Gasteiger partial charge on any atom is 0.176 e. The van der Waals surface area contributed by atoms with Crippen LogP contribution in [0, 0.1) is 11.8 Å². The predicted octanol–water partition coefficient (Wildman–Crippen LogP) is 1.40. The molecule has 0 aliphatic carbocycles. The van der Waals surface area contributed by atoms with Gasteiger partial charge < -0.3 is 9.52 Å². The minimum atomic E-state index is -0.542. The van der Waals surface area contributed by atoms with Gasteiger partial charge in [-0.05, 0) is 24.5 Å². The Bertz CT molecular complexity index is 251. The van der Waals surface area contributed by atoms with Crippen LogP contribution in [0.4, 0.5) is 0 Å². The van der Waals surface area contributed by atoms with Crippen molar-refractivity contribution in [3.8, 4) is 11.8 Å². The molecule has 58 valence electrons. The van der Waals surface area contributed by atoms with Crippen LogP contribution >= 0.6 is 0 Å². The van der Waals surface area contributed by atoms with Gasteiger partial charge in [0.05, 0.1) is 6.26 Å². The van der Waals surface area contributed by atoms with E-state index in [2.05, 4.69) is 11.8 Å². The van der Waals surface area contributed by atoms with Crippen LogP contribution in [-0.2, 0) is 0 Å². The Morgan fingerprint density at radius 2 is 2.55 bits per heavy atom. The molecule has 0 saturated carbocycles. The normalized spacial score (nSPS) is 11.8. The molecule has 1 unspecified atom stereocenters. The lowest BCUT2D eigenvalue weighted by Crippen LogP contribution is -1.98. The molecule has 0 aromatic carbocycles. The van der Waals surface area contributed by atoms with Crippen LogP contribution in [0.2, 0.25) is 0 Å². The van der Waals surface area contributed by atoms with E-state index in [1.165, 1.54) is 0 Å². The summed E-state index contributed by atoms with van der Waals surface area (Å²) >= 11 is 0. The second-order valence-electron chi connectivity index (χ2n) is 2.17. The fraction of sp³-hybridized carbons (Fsp3) is 0.333. The van der Waals surface area contributed by atoms with E-state index in [0.717, 1.165) is 0 Å². The van der Waals surface area contributed by atoms with E-state index in [1.807, 2.05) is 6.92 Å². The average molecular weight is 150 g/mol. The highest BCUT2D eigenvalue weighted by molar-refractivity contribution is 5.25. The molecule has 0 aliphatic heterocycles. The predicted molar refractivity (Wildman–Crippen MR) is 41.9 cm³/mol. The molecule has 1 N–H and O–H groups in total. The third-order valence-corrected chi connectivity index (χ3v) is 1.27. The van der Waals surface area contributed by atoms with Gasteiger partial charge in [0.1, 0.15) is 6.10 Å². The van der Waals surface area contributed by atoms with Crippen molar-refractivity contribution >= 4 is 0 Å². The molecule has 0 aliphatic rings. The summed E-state index contributed by atoms with van der Waals surface area (Å²) in [5, 5.41) is 9.04. The zero-order valence-corrected chi connectivity index (χ0v) is 6.37. The van der Waals surface area contributed by atoms with Crippen LogP contribution in [0.1, 0.15) is 19.1 Å². The summed E-state index contributed by atoms with van der Waals surface area (Å²) in [4.78, 5) is 0. The Morgan fingerprint density at radius 1 is 1.73 bits per heavy atom. The van der Waals surface area contributed by atoms with Crippen LogP contribution in [0.3, 0.4) is 0 Å². The summed E-state index contributed by atoms with van der Waals surface area (Å²) in [6.45, 7) is 1.88. The minimum Gasteiger partial charge on any atom is -0.456 e. The van der Waals surface area contributed by atoms with E-state index in [9.17, 15) is 0 Å². The van der Waals surface area contributed by atoms with E-state index in [-0.39, 0.29) is 0 Å². The Labute approximate surface area is 65.8 Å². The summed E-state index contributed by atoms with van der Waals surface area (Å²) in [6, 6.07) is 3.53. The summed E-state index contributed by atoms with van der Waals surface area (Å²) in [5.41, 5.74) is 0. The fourth-order valence-corrected chi connectivity index (χ4v) is 0.606. The molecule has 2 nitrogen and oxygen atoms in total. The van der Waals surface area contributed by atoms with E-state index >= 15 is 0 Å². The largest absolute Gasteiger partial charge is 0.456 e. The second kappa shape index (κ2) is 3.85. The lowest BCUT2D eigenvalue weighted by atomic mass is 10.3. The highest BCUT2D eigenvalue weighted by Crippen LogP contribution is 1.96. The van der Waals surface area contributed by atoms with E-state index in [0.29, 0.717) is 12.2 Å². The zero-order chi connectivity index (χ0) is 8.10. The van der Waals surface area contributed by atoms with E-state index < -0.39 is 6.10 Å². The zero-order valence-electron chi connectivity index (χ0n) is 6.37. The lowest BCUT2D eigenvalue weighted by Gasteiger charge is -1.92. The molecule has 1 aromatic heterocycles. The van der Waals surface area contributed by atoms with Gasteiger partial charge in [-0.3, -0.25) is 0 Å². The summed E-state index contributed by atoms with van der Waals surface area (Å²) in [6.07, 6.45) is 1.66. The van der Waals surface area contributed by atoms with Crippen LogP contribution in [0.15, 0.2) is 22.8 Å². The van der Waals surface area contributed by atoms with Gasteiger partial charge in [-0.1, -0.05) is 12.8 Å².